The molecule has 1 fully saturated rings. The molecule has 0 radical (unpaired) electrons. The average Bonchev–Trinajstić information content (AvgIpc) is 3.29. The first-order valence-corrected chi connectivity index (χ1v) is 9.84. The third-order valence-corrected chi connectivity index (χ3v) is 5.06. The number of benzene rings is 1. The Kier molecular flexibility index (Phi) is 6.42. The summed E-state index contributed by atoms with van der Waals surface area (Å²) in [4.78, 5) is 25.0. The summed E-state index contributed by atoms with van der Waals surface area (Å²) in [6.45, 7) is 4.63. The molecule has 1 aromatic carbocycles. The van der Waals surface area contributed by atoms with E-state index in [0.717, 1.165) is 29.5 Å². The maximum Gasteiger partial charge on any atom is 0.341 e. The van der Waals surface area contributed by atoms with Crippen LogP contribution in [-0.4, -0.2) is 31.2 Å². The first-order valence-electron chi connectivity index (χ1n) is 8.96. The number of ether oxygens (including phenoxy) is 2. The first kappa shape index (κ1) is 19.3. The van der Waals surface area contributed by atoms with Crippen LogP contribution in [0, 0.1) is 0 Å². The predicted molar refractivity (Wildman–Crippen MR) is 107 cm³/mol. The van der Waals surface area contributed by atoms with Gasteiger partial charge < -0.3 is 14.8 Å². The molecule has 1 aliphatic heterocycles. The van der Waals surface area contributed by atoms with Gasteiger partial charge in [0.2, 0.25) is 5.91 Å². The molecule has 1 unspecified atom stereocenters. The van der Waals surface area contributed by atoms with Gasteiger partial charge in [0.15, 0.2) is 0 Å². The van der Waals surface area contributed by atoms with Crippen molar-refractivity contribution >= 4 is 28.2 Å². The second kappa shape index (κ2) is 8.97. The summed E-state index contributed by atoms with van der Waals surface area (Å²) in [7, 11) is 0. The smallest absolute Gasteiger partial charge is 0.341 e. The molecule has 0 bridgehead atoms. The summed E-state index contributed by atoms with van der Waals surface area (Å²) in [6, 6.07) is 9.61. The van der Waals surface area contributed by atoms with E-state index in [2.05, 4.69) is 5.32 Å². The molecule has 1 aliphatic rings. The van der Waals surface area contributed by atoms with Gasteiger partial charge in [0.1, 0.15) is 17.2 Å². The summed E-state index contributed by atoms with van der Waals surface area (Å²) < 4.78 is 11.0. The molecule has 1 saturated heterocycles. The summed E-state index contributed by atoms with van der Waals surface area (Å²) >= 11 is 1.32. The fourth-order valence-electron chi connectivity index (χ4n) is 2.91. The van der Waals surface area contributed by atoms with E-state index < -0.39 is 5.97 Å². The lowest BCUT2D eigenvalue weighted by molar-refractivity contribution is -0.111. The number of allylic oxidation sites excluding steroid dienone is 1. The van der Waals surface area contributed by atoms with Crippen LogP contribution in [0.25, 0.3) is 11.1 Å². The van der Waals surface area contributed by atoms with Crippen LogP contribution < -0.4 is 5.32 Å². The van der Waals surface area contributed by atoms with Gasteiger partial charge in [-0.2, -0.15) is 0 Å². The number of nitrogens with one attached hydrogen (secondary N) is 1. The molecule has 5 nitrogen and oxygen atoms in total. The van der Waals surface area contributed by atoms with Gasteiger partial charge in [0, 0.05) is 23.6 Å². The van der Waals surface area contributed by atoms with Crippen LogP contribution in [0.15, 0.2) is 47.4 Å². The number of anilines is 1. The van der Waals surface area contributed by atoms with Crippen molar-refractivity contribution in [2.75, 3.05) is 18.5 Å². The van der Waals surface area contributed by atoms with Crippen LogP contribution in [-0.2, 0) is 14.3 Å². The zero-order chi connectivity index (χ0) is 19.2. The number of rotatable bonds is 6. The number of carbonyl (C=O) groups excluding carboxylic acids is 2. The fraction of sp³-hybridized carbons (Fsp3) is 0.333. The van der Waals surface area contributed by atoms with Gasteiger partial charge in [-0.1, -0.05) is 35.9 Å². The molecule has 27 heavy (non-hydrogen) atoms. The first-order chi connectivity index (χ1) is 13.0. The number of esters is 1. The lowest BCUT2D eigenvalue weighted by Gasteiger charge is -2.12. The number of hydrogen-bond acceptors (Lipinski definition) is 5. The molecular weight excluding hydrogens is 362 g/mol. The van der Waals surface area contributed by atoms with E-state index in [1.54, 1.807) is 0 Å². The highest BCUT2D eigenvalue weighted by Gasteiger charge is 2.24. The Morgan fingerprint density at radius 3 is 2.74 bits per heavy atom. The van der Waals surface area contributed by atoms with Crippen molar-refractivity contribution in [3.05, 3.63) is 52.9 Å². The molecule has 6 heteroatoms. The van der Waals surface area contributed by atoms with E-state index in [0.29, 0.717) is 17.2 Å². The summed E-state index contributed by atoms with van der Waals surface area (Å²) in [6.07, 6.45) is 3.34. The minimum absolute atomic E-state index is 0.0449. The highest BCUT2D eigenvalue weighted by Crippen LogP contribution is 2.36. The lowest BCUT2D eigenvalue weighted by atomic mass is 10.0. The molecular formula is C21H23NO4S. The van der Waals surface area contributed by atoms with E-state index in [-0.39, 0.29) is 18.6 Å². The lowest BCUT2D eigenvalue weighted by Crippen LogP contribution is -2.19. The van der Waals surface area contributed by atoms with Gasteiger partial charge >= 0.3 is 5.97 Å². The van der Waals surface area contributed by atoms with Crippen LogP contribution >= 0.6 is 11.3 Å². The molecule has 0 spiro atoms. The number of thiophene rings is 1. The van der Waals surface area contributed by atoms with Crippen molar-refractivity contribution in [1.82, 2.24) is 0 Å². The predicted octanol–water partition coefficient (Wildman–Crippen LogP) is 4.66. The third-order valence-electron chi connectivity index (χ3n) is 4.16. The number of hydrogen-bond donors (Lipinski definition) is 1. The molecule has 0 saturated carbocycles. The maximum atomic E-state index is 12.8. The van der Waals surface area contributed by atoms with Crippen molar-refractivity contribution in [3.8, 4) is 11.1 Å². The van der Waals surface area contributed by atoms with Gasteiger partial charge in [-0.05, 0) is 32.3 Å². The van der Waals surface area contributed by atoms with E-state index in [1.165, 1.54) is 17.4 Å². The van der Waals surface area contributed by atoms with E-state index in [4.69, 9.17) is 9.47 Å². The van der Waals surface area contributed by atoms with Crippen LogP contribution in [0.3, 0.4) is 0 Å². The molecule has 2 aromatic rings. The average molecular weight is 385 g/mol. The van der Waals surface area contributed by atoms with Crippen molar-refractivity contribution in [3.63, 3.8) is 0 Å². The van der Waals surface area contributed by atoms with Crippen molar-refractivity contribution in [2.24, 2.45) is 0 Å². The van der Waals surface area contributed by atoms with Gasteiger partial charge in [-0.15, -0.1) is 11.3 Å². The highest BCUT2D eigenvalue weighted by molar-refractivity contribution is 7.15. The van der Waals surface area contributed by atoms with Crippen LogP contribution in [0.5, 0.6) is 0 Å². The van der Waals surface area contributed by atoms with E-state index >= 15 is 0 Å². The Morgan fingerprint density at radius 1 is 1.30 bits per heavy atom. The minimum Gasteiger partial charge on any atom is -0.459 e. The zero-order valence-electron chi connectivity index (χ0n) is 15.5. The van der Waals surface area contributed by atoms with Crippen LogP contribution in [0.2, 0.25) is 0 Å². The van der Waals surface area contributed by atoms with Crippen LogP contribution in [0.1, 0.15) is 37.0 Å². The summed E-state index contributed by atoms with van der Waals surface area (Å²) in [5, 5.41) is 5.18. The van der Waals surface area contributed by atoms with E-state index in [9.17, 15) is 9.59 Å². The Balaban J connectivity index is 1.86. The van der Waals surface area contributed by atoms with Gasteiger partial charge in [-0.3, -0.25) is 4.79 Å². The van der Waals surface area contributed by atoms with Crippen molar-refractivity contribution in [1.29, 1.82) is 0 Å². The Morgan fingerprint density at radius 2 is 2.07 bits per heavy atom. The SMILES string of the molecule is CC(C)=CC(=O)Nc1scc(-c2ccccc2)c1C(=O)OCC1CCCO1. The monoisotopic (exact) mass is 385 g/mol. The highest BCUT2D eigenvalue weighted by atomic mass is 32.1. The number of amides is 1. The molecule has 142 valence electrons. The van der Waals surface area contributed by atoms with Crippen LogP contribution in [0.4, 0.5) is 5.00 Å². The Labute approximate surface area is 163 Å². The molecule has 3 rings (SSSR count). The molecule has 1 N–H and O–H groups in total. The van der Waals surface area contributed by atoms with Crippen molar-refractivity contribution < 1.29 is 19.1 Å². The Bertz CT molecular complexity index is 831. The topological polar surface area (TPSA) is 64.6 Å². The largest absolute Gasteiger partial charge is 0.459 e. The maximum absolute atomic E-state index is 12.8. The quantitative estimate of drug-likeness (QED) is 0.580. The molecule has 2 heterocycles. The standard InChI is InChI=1S/C21H23NO4S/c1-14(2)11-18(23)22-20-19(21(24)26-12-16-9-6-10-25-16)17(13-27-20)15-7-4-3-5-8-15/h3-5,7-8,11,13,16H,6,9-10,12H2,1-2H3,(H,22,23). The van der Waals surface area contributed by atoms with Gasteiger partial charge in [0.05, 0.1) is 6.10 Å². The second-order valence-electron chi connectivity index (χ2n) is 6.66. The Hall–Kier alpha value is -2.44. The molecule has 1 aromatic heterocycles. The minimum atomic E-state index is -0.446. The molecule has 1 atom stereocenters. The summed E-state index contributed by atoms with van der Waals surface area (Å²) in [5.41, 5.74) is 2.93. The molecule has 0 aliphatic carbocycles. The second-order valence-corrected chi connectivity index (χ2v) is 7.54. The molecule has 1 amide bonds. The number of carbonyl (C=O) groups is 2. The van der Waals surface area contributed by atoms with Crippen molar-refractivity contribution in [2.45, 2.75) is 32.8 Å². The van der Waals surface area contributed by atoms with Gasteiger partial charge in [-0.25, -0.2) is 4.79 Å². The zero-order valence-corrected chi connectivity index (χ0v) is 16.3. The normalized spacial score (nSPS) is 16.0. The third kappa shape index (κ3) is 5.05. The van der Waals surface area contributed by atoms with E-state index in [1.807, 2.05) is 49.6 Å². The van der Waals surface area contributed by atoms with Gasteiger partial charge in [0.25, 0.3) is 0 Å². The summed E-state index contributed by atoms with van der Waals surface area (Å²) in [5.74, 6) is -0.706. The fourth-order valence-corrected chi connectivity index (χ4v) is 3.87.